The molecule has 1 amide bonds. The van der Waals surface area contributed by atoms with E-state index in [0.717, 1.165) is 6.61 Å². The van der Waals surface area contributed by atoms with E-state index in [1.807, 2.05) is 6.92 Å². The Labute approximate surface area is 71.7 Å². The Bertz CT molecular complexity index is 177. The van der Waals surface area contributed by atoms with Crippen molar-refractivity contribution in [1.29, 1.82) is 0 Å². The molecule has 1 fully saturated rings. The second kappa shape index (κ2) is 4.23. The standard InChI is InChI=1S/C8H13NO3/c1-3-8(10)9(4-2)12-6-7-5-11-7/h3,7H,1,4-6H2,2H3. The SMILES string of the molecule is C=CC(=O)N(CC)OCC1CO1. The molecular weight excluding hydrogens is 158 g/mol. The van der Waals surface area contributed by atoms with Crippen LogP contribution in [0.5, 0.6) is 0 Å². The molecular formula is C8H13NO3. The number of amides is 1. The van der Waals surface area contributed by atoms with Gasteiger partial charge in [-0.1, -0.05) is 6.58 Å². The Morgan fingerprint density at radius 3 is 3.00 bits per heavy atom. The molecule has 1 aliphatic heterocycles. The third kappa shape index (κ3) is 2.64. The second-order valence-electron chi connectivity index (χ2n) is 2.49. The highest BCUT2D eigenvalue weighted by molar-refractivity contribution is 5.86. The van der Waals surface area contributed by atoms with E-state index in [1.54, 1.807) is 0 Å². The van der Waals surface area contributed by atoms with Crippen molar-refractivity contribution >= 4 is 5.91 Å². The fourth-order valence-electron chi connectivity index (χ4n) is 0.750. The van der Waals surface area contributed by atoms with Crippen LogP contribution in [0.15, 0.2) is 12.7 Å². The van der Waals surface area contributed by atoms with Gasteiger partial charge in [0.1, 0.15) is 12.7 Å². The highest BCUT2D eigenvalue weighted by atomic mass is 16.7. The molecule has 0 aromatic carbocycles. The van der Waals surface area contributed by atoms with Crippen LogP contribution in [0.25, 0.3) is 0 Å². The molecule has 1 rings (SSSR count). The number of carbonyl (C=O) groups is 1. The fraction of sp³-hybridized carbons (Fsp3) is 0.625. The largest absolute Gasteiger partial charge is 0.371 e. The molecule has 4 nitrogen and oxygen atoms in total. The van der Waals surface area contributed by atoms with Crippen LogP contribution in [0.2, 0.25) is 0 Å². The lowest BCUT2D eigenvalue weighted by Gasteiger charge is -2.17. The summed E-state index contributed by atoms with van der Waals surface area (Å²) in [5.41, 5.74) is 0. The molecule has 1 saturated heterocycles. The summed E-state index contributed by atoms with van der Waals surface area (Å²) < 4.78 is 4.93. The van der Waals surface area contributed by atoms with Crippen LogP contribution in [0.3, 0.4) is 0 Å². The van der Waals surface area contributed by atoms with E-state index in [9.17, 15) is 4.79 Å². The Kier molecular flexibility index (Phi) is 3.25. The van der Waals surface area contributed by atoms with E-state index < -0.39 is 0 Å². The van der Waals surface area contributed by atoms with Crippen molar-refractivity contribution in [2.75, 3.05) is 19.8 Å². The van der Waals surface area contributed by atoms with Gasteiger partial charge in [0.2, 0.25) is 0 Å². The van der Waals surface area contributed by atoms with Crippen LogP contribution in [0.1, 0.15) is 6.92 Å². The summed E-state index contributed by atoms with van der Waals surface area (Å²) in [6.07, 6.45) is 1.41. The van der Waals surface area contributed by atoms with Crippen LogP contribution >= 0.6 is 0 Å². The highest BCUT2D eigenvalue weighted by Gasteiger charge is 2.24. The monoisotopic (exact) mass is 171 g/mol. The molecule has 1 atom stereocenters. The van der Waals surface area contributed by atoms with Crippen LogP contribution in [-0.4, -0.2) is 36.8 Å². The third-order valence-electron chi connectivity index (χ3n) is 1.53. The number of likely N-dealkylation sites (N-methyl/N-ethyl adjacent to an activating group) is 1. The first kappa shape index (κ1) is 9.22. The first-order chi connectivity index (χ1) is 5.77. The van der Waals surface area contributed by atoms with Gasteiger partial charge in [-0.05, 0) is 13.0 Å². The Balaban J connectivity index is 2.22. The van der Waals surface area contributed by atoms with E-state index in [0.29, 0.717) is 13.2 Å². The Hall–Kier alpha value is -0.870. The normalized spacial score (nSPS) is 20.2. The number of carbonyl (C=O) groups excluding carboxylic acids is 1. The lowest BCUT2D eigenvalue weighted by molar-refractivity contribution is -0.181. The van der Waals surface area contributed by atoms with Gasteiger partial charge in [-0.15, -0.1) is 0 Å². The highest BCUT2D eigenvalue weighted by Crippen LogP contribution is 2.09. The minimum atomic E-state index is -0.210. The summed E-state index contributed by atoms with van der Waals surface area (Å²) >= 11 is 0. The van der Waals surface area contributed by atoms with Crippen molar-refractivity contribution in [2.45, 2.75) is 13.0 Å². The smallest absolute Gasteiger partial charge is 0.269 e. The van der Waals surface area contributed by atoms with Crippen LogP contribution in [0.4, 0.5) is 0 Å². The number of epoxide rings is 1. The molecule has 68 valence electrons. The van der Waals surface area contributed by atoms with Crippen molar-refractivity contribution in [3.8, 4) is 0 Å². The molecule has 0 spiro atoms. The zero-order valence-electron chi connectivity index (χ0n) is 7.16. The summed E-state index contributed by atoms with van der Waals surface area (Å²) in [5.74, 6) is -0.210. The molecule has 1 unspecified atom stereocenters. The summed E-state index contributed by atoms with van der Waals surface area (Å²) in [5, 5.41) is 1.27. The van der Waals surface area contributed by atoms with Gasteiger partial charge in [0.25, 0.3) is 5.91 Å². The predicted molar refractivity (Wildman–Crippen MR) is 43.3 cm³/mol. The van der Waals surface area contributed by atoms with Gasteiger partial charge in [0.05, 0.1) is 6.61 Å². The second-order valence-corrected chi connectivity index (χ2v) is 2.49. The average molecular weight is 171 g/mol. The molecule has 0 saturated carbocycles. The van der Waals surface area contributed by atoms with Crippen LogP contribution in [0, 0.1) is 0 Å². The lowest BCUT2D eigenvalue weighted by atomic mass is 10.5. The van der Waals surface area contributed by atoms with Gasteiger partial charge in [-0.3, -0.25) is 9.63 Å². The van der Waals surface area contributed by atoms with Gasteiger partial charge < -0.3 is 4.74 Å². The van der Waals surface area contributed by atoms with Gasteiger partial charge >= 0.3 is 0 Å². The van der Waals surface area contributed by atoms with Crippen molar-refractivity contribution < 1.29 is 14.4 Å². The summed E-state index contributed by atoms with van der Waals surface area (Å²) in [6.45, 7) is 6.93. The quantitative estimate of drug-likeness (QED) is 0.340. The number of rotatable bonds is 5. The molecule has 0 aliphatic carbocycles. The van der Waals surface area contributed by atoms with Crippen molar-refractivity contribution in [3.63, 3.8) is 0 Å². The molecule has 0 aromatic heterocycles. The summed E-state index contributed by atoms with van der Waals surface area (Å²) in [6, 6.07) is 0. The van der Waals surface area contributed by atoms with E-state index >= 15 is 0 Å². The maximum Gasteiger partial charge on any atom is 0.269 e. The average Bonchev–Trinajstić information content (AvgIpc) is 2.88. The van der Waals surface area contributed by atoms with Crippen LogP contribution < -0.4 is 0 Å². The van der Waals surface area contributed by atoms with Crippen molar-refractivity contribution in [3.05, 3.63) is 12.7 Å². The number of hydroxylamine groups is 2. The molecule has 0 aromatic rings. The summed E-state index contributed by atoms with van der Waals surface area (Å²) in [7, 11) is 0. The zero-order valence-corrected chi connectivity index (χ0v) is 7.16. The molecule has 12 heavy (non-hydrogen) atoms. The van der Waals surface area contributed by atoms with E-state index in [-0.39, 0.29) is 12.0 Å². The molecule has 0 radical (unpaired) electrons. The predicted octanol–water partition coefficient (Wildman–Crippen LogP) is 0.351. The Morgan fingerprint density at radius 2 is 2.58 bits per heavy atom. The summed E-state index contributed by atoms with van der Waals surface area (Å²) in [4.78, 5) is 16.2. The van der Waals surface area contributed by atoms with Crippen molar-refractivity contribution in [1.82, 2.24) is 5.06 Å². The van der Waals surface area contributed by atoms with Crippen molar-refractivity contribution in [2.24, 2.45) is 0 Å². The lowest BCUT2D eigenvalue weighted by Crippen LogP contribution is -2.30. The van der Waals surface area contributed by atoms with Gasteiger partial charge in [0, 0.05) is 6.54 Å². The minimum absolute atomic E-state index is 0.177. The van der Waals surface area contributed by atoms with E-state index in [1.165, 1.54) is 11.1 Å². The number of nitrogens with zero attached hydrogens (tertiary/aromatic N) is 1. The van der Waals surface area contributed by atoms with E-state index in [2.05, 4.69) is 6.58 Å². The molecule has 0 N–H and O–H groups in total. The molecule has 1 heterocycles. The zero-order chi connectivity index (χ0) is 8.97. The first-order valence-electron chi connectivity index (χ1n) is 3.96. The first-order valence-corrected chi connectivity index (χ1v) is 3.96. The minimum Gasteiger partial charge on any atom is -0.371 e. The maximum atomic E-state index is 11.0. The van der Waals surface area contributed by atoms with Crippen LogP contribution in [-0.2, 0) is 14.4 Å². The third-order valence-corrected chi connectivity index (χ3v) is 1.53. The van der Waals surface area contributed by atoms with Gasteiger partial charge in [-0.2, -0.15) is 0 Å². The fourth-order valence-corrected chi connectivity index (χ4v) is 0.750. The van der Waals surface area contributed by atoms with Gasteiger partial charge in [-0.25, -0.2) is 5.06 Å². The molecule has 4 heteroatoms. The molecule has 0 bridgehead atoms. The Morgan fingerprint density at radius 1 is 1.92 bits per heavy atom. The van der Waals surface area contributed by atoms with E-state index in [4.69, 9.17) is 9.57 Å². The van der Waals surface area contributed by atoms with Gasteiger partial charge in [0.15, 0.2) is 0 Å². The maximum absolute atomic E-state index is 11.0. The number of ether oxygens (including phenoxy) is 1. The molecule has 1 aliphatic rings. The number of hydrogen-bond acceptors (Lipinski definition) is 3. The number of hydrogen-bond donors (Lipinski definition) is 0. The topological polar surface area (TPSA) is 42.1 Å².